The Bertz CT molecular complexity index is 1900. The standard InChI is InChI=1S/C39H45BO6SSi/c1-5-28(24-29-21-22-35(41)34-19-13-12-18-33(29)34)20-23-36-38-30(27-47(43,44)37(38)25-40(42)46-36)26-45-48(39(2,3)4,31-14-8-6-9-15-31)32-16-10-7-11-17-32/h6-19,21-22,24,36-37,41-42H,5,20,23,25-27H2,1-4H3/b28-24+/t36-,37+/m1/s1. The van der Waals surface area contributed by atoms with Crippen molar-refractivity contribution in [2.75, 3.05) is 12.4 Å². The summed E-state index contributed by atoms with van der Waals surface area (Å²) >= 11 is 0. The van der Waals surface area contributed by atoms with Crippen LogP contribution in [0.25, 0.3) is 16.8 Å². The Kier molecular flexibility index (Phi) is 9.89. The van der Waals surface area contributed by atoms with Gasteiger partial charge < -0.3 is 19.2 Å². The van der Waals surface area contributed by atoms with Crippen LogP contribution in [0.2, 0.25) is 11.4 Å². The summed E-state index contributed by atoms with van der Waals surface area (Å²) in [6.07, 6.45) is 3.66. The number of sulfone groups is 1. The number of hydrogen-bond donors (Lipinski definition) is 2. The van der Waals surface area contributed by atoms with Gasteiger partial charge in [-0.3, -0.25) is 0 Å². The molecule has 4 aromatic rings. The van der Waals surface area contributed by atoms with Crippen LogP contribution in [-0.4, -0.2) is 57.7 Å². The van der Waals surface area contributed by atoms with Gasteiger partial charge in [0.05, 0.1) is 23.7 Å². The second-order valence-electron chi connectivity index (χ2n) is 14.0. The van der Waals surface area contributed by atoms with E-state index in [4.69, 9.17) is 9.08 Å². The molecule has 0 spiro atoms. The summed E-state index contributed by atoms with van der Waals surface area (Å²) < 4.78 is 40.7. The Morgan fingerprint density at radius 1 is 0.938 bits per heavy atom. The monoisotopic (exact) mass is 680 g/mol. The summed E-state index contributed by atoms with van der Waals surface area (Å²) in [5.74, 6) is 0.159. The molecule has 0 amide bonds. The number of phenols is 1. The van der Waals surface area contributed by atoms with Gasteiger partial charge in [-0.25, -0.2) is 8.42 Å². The molecule has 0 bridgehead atoms. The molecule has 4 aromatic carbocycles. The second kappa shape index (κ2) is 13.8. The van der Waals surface area contributed by atoms with Crippen molar-refractivity contribution in [3.63, 3.8) is 0 Å². The molecule has 9 heteroatoms. The molecule has 250 valence electrons. The fraction of sp³-hybridized carbons (Fsp3) is 0.333. The Morgan fingerprint density at radius 2 is 1.54 bits per heavy atom. The lowest BCUT2D eigenvalue weighted by atomic mass is 9.74. The first kappa shape index (κ1) is 34.4. The predicted octanol–water partition coefficient (Wildman–Crippen LogP) is 6.67. The molecule has 1 saturated heterocycles. The van der Waals surface area contributed by atoms with E-state index in [-0.39, 0.29) is 29.5 Å². The van der Waals surface area contributed by atoms with Crippen LogP contribution in [0, 0.1) is 0 Å². The van der Waals surface area contributed by atoms with E-state index in [2.05, 4.69) is 58.0 Å². The van der Waals surface area contributed by atoms with Gasteiger partial charge in [0.15, 0.2) is 9.84 Å². The highest BCUT2D eigenvalue weighted by molar-refractivity contribution is 7.92. The summed E-state index contributed by atoms with van der Waals surface area (Å²) in [6, 6.07) is 32.2. The predicted molar refractivity (Wildman–Crippen MR) is 199 cm³/mol. The topological polar surface area (TPSA) is 93.1 Å². The van der Waals surface area contributed by atoms with Gasteiger partial charge in [-0.2, -0.15) is 0 Å². The zero-order valence-corrected chi connectivity index (χ0v) is 30.0. The minimum atomic E-state index is -3.53. The van der Waals surface area contributed by atoms with Gasteiger partial charge in [0.25, 0.3) is 8.32 Å². The lowest BCUT2D eigenvalue weighted by molar-refractivity contribution is 0.168. The van der Waals surface area contributed by atoms with Crippen LogP contribution in [0.1, 0.15) is 52.5 Å². The molecule has 2 heterocycles. The van der Waals surface area contributed by atoms with Crippen LogP contribution in [-0.2, 0) is 18.9 Å². The first-order valence-corrected chi connectivity index (χ1v) is 20.5. The zero-order chi connectivity index (χ0) is 34.1. The number of aromatic hydroxyl groups is 1. The molecule has 0 aromatic heterocycles. The molecule has 0 unspecified atom stereocenters. The van der Waals surface area contributed by atoms with Crippen molar-refractivity contribution in [2.45, 2.75) is 69.7 Å². The average molecular weight is 681 g/mol. The number of allylic oxidation sites excluding steroid dienone is 1. The molecule has 6 nitrogen and oxygen atoms in total. The maximum absolute atomic E-state index is 13.7. The molecule has 2 aliphatic heterocycles. The van der Waals surface area contributed by atoms with E-state index in [9.17, 15) is 18.5 Å². The summed E-state index contributed by atoms with van der Waals surface area (Å²) in [4.78, 5) is 0. The lowest BCUT2D eigenvalue weighted by Crippen LogP contribution is -2.66. The third-order valence-electron chi connectivity index (χ3n) is 10.0. The summed E-state index contributed by atoms with van der Waals surface area (Å²) in [5, 5.41) is 24.1. The first-order chi connectivity index (χ1) is 22.9. The third-order valence-corrected chi connectivity index (χ3v) is 17.1. The summed E-state index contributed by atoms with van der Waals surface area (Å²) in [7, 11) is -7.59. The van der Waals surface area contributed by atoms with Crippen LogP contribution in [0.15, 0.2) is 114 Å². The van der Waals surface area contributed by atoms with Gasteiger partial charge in [-0.15, -0.1) is 0 Å². The van der Waals surface area contributed by atoms with Crippen LogP contribution in [0.3, 0.4) is 0 Å². The van der Waals surface area contributed by atoms with Gasteiger partial charge >= 0.3 is 7.12 Å². The van der Waals surface area contributed by atoms with E-state index in [0.29, 0.717) is 12.8 Å². The first-order valence-electron chi connectivity index (χ1n) is 16.9. The van der Waals surface area contributed by atoms with Gasteiger partial charge in [0, 0.05) is 11.7 Å². The Hall–Kier alpha value is -3.47. The van der Waals surface area contributed by atoms with Gasteiger partial charge in [-0.05, 0) is 62.8 Å². The smallest absolute Gasteiger partial charge is 0.456 e. The molecule has 2 atom stereocenters. The highest BCUT2D eigenvalue weighted by Crippen LogP contribution is 2.42. The fourth-order valence-electron chi connectivity index (χ4n) is 7.68. The molecule has 6 rings (SSSR count). The maximum Gasteiger partial charge on any atom is 0.456 e. The summed E-state index contributed by atoms with van der Waals surface area (Å²) in [6.45, 7) is 8.93. The molecule has 0 aliphatic carbocycles. The number of phenolic OH excluding ortho intramolecular Hbond substituents is 1. The van der Waals surface area contributed by atoms with Crippen molar-refractivity contribution in [2.24, 2.45) is 0 Å². The van der Waals surface area contributed by atoms with Gasteiger partial charge in [-0.1, -0.05) is 130 Å². The van der Waals surface area contributed by atoms with E-state index in [0.717, 1.165) is 44.3 Å². The maximum atomic E-state index is 13.7. The average Bonchev–Trinajstić information content (AvgIpc) is 3.33. The van der Waals surface area contributed by atoms with E-state index in [1.807, 2.05) is 66.7 Å². The van der Waals surface area contributed by atoms with E-state index >= 15 is 0 Å². The van der Waals surface area contributed by atoms with Gasteiger partial charge in [0.1, 0.15) is 5.75 Å². The van der Waals surface area contributed by atoms with Crippen molar-refractivity contribution in [1.29, 1.82) is 0 Å². The van der Waals surface area contributed by atoms with E-state index in [1.54, 1.807) is 6.07 Å². The van der Waals surface area contributed by atoms with Crippen molar-refractivity contribution in [1.82, 2.24) is 0 Å². The molecule has 0 radical (unpaired) electrons. The van der Waals surface area contributed by atoms with Crippen molar-refractivity contribution >= 4 is 52.5 Å². The second-order valence-corrected chi connectivity index (χ2v) is 20.5. The van der Waals surface area contributed by atoms with E-state index < -0.39 is 36.6 Å². The molecule has 2 N–H and O–H groups in total. The normalized spacial score (nSPS) is 19.9. The fourth-order valence-corrected chi connectivity index (χ4v) is 14.3. The zero-order valence-electron chi connectivity index (χ0n) is 28.2. The highest BCUT2D eigenvalue weighted by Gasteiger charge is 2.52. The molecule has 1 fully saturated rings. The van der Waals surface area contributed by atoms with Crippen LogP contribution >= 0.6 is 0 Å². The SMILES string of the molecule is CC/C(=C\c1ccc(O)c2ccccc12)CC[C@H]1OB(O)C[C@H]2C1=C(CO[Si](c1ccccc1)(c1ccccc1)C(C)(C)C)CS2(=O)=O. The Labute approximate surface area is 286 Å². The number of hydrogen-bond acceptors (Lipinski definition) is 6. The van der Waals surface area contributed by atoms with Gasteiger partial charge in [0.2, 0.25) is 0 Å². The number of fused-ring (bicyclic) bond motifs is 2. The van der Waals surface area contributed by atoms with E-state index in [1.165, 1.54) is 5.57 Å². The summed E-state index contributed by atoms with van der Waals surface area (Å²) in [5.41, 5.74) is 3.72. The van der Waals surface area contributed by atoms with Crippen molar-refractivity contribution < 1.29 is 27.6 Å². The van der Waals surface area contributed by atoms with Crippen LogP contribution in [0.4, 0.5) is 0 Å². The van der Waals surface area contributed by atoms with Crippen LogP contribution in [0.5, 0.6) is 5.75 Å². The Balaban J connectivity index is 1.34. The molecule has 2 aliphatic rings. The highest BCUT2D eigenvalue weighted by atomic mass is 32.2. The largest absolute Gasteiger partial charge is 0.507 e. The minimum Gasteiger partial charge on any atom is -0.507 e. The molecular weight excluding hydrogens is 635 g/mol. The number of rotatable bonds is 10. The quantitative estimate of drug-likeness (QED) is 0.144. The molecule has 0 saturated carbocycles. The third kappa shape index (κ3) is 6.59. The van der Waals surface area contributed by atoms with Crippen molar-refractivity contribution in [3.8, 4) is 5.75 Å². The lowest BCUT2D eigenvalue weighted by Gasteiger charge is -2.43. The number of benzene rings is 4. The van der Waals surface area contributed by atoms with Crippen LogP contribution < -0.4 is 10.4 Å². The molecular formula is C39H45BO6SSi. The molecule has 48 heavy (non-hydrogen) atoms. The minimum absolute atomic E-state index is 0.0346. The van der Waals surface area contributed by atoms with Crippen molar-refractivity contribution in [3.05, 3.63) is 119 Å². The Morgan fingerprint density at radius 3 is 2.15 bits per heavy atom.